The van der Waals surface area contributed by atoms with Gasteiger partial charge in [0.2, 0.25) is 10.1 Å². The third kappa shape index (κ3) is 3.07. The normalized spacial score (nSPS) is 9.74. The van der Waals surface area contributed by atoms with Crippen molar-refractivity contribution in [3.63, 3.8) is 0 Å². The van der Waals surface area contributed by atoms with E-state index in [0.717, 1.165) is 15.8 Å². The number of hydrogen-bond acceptors (Lipinski definition) is 6. The summed E-state index contributed by atoms with van der Waals surface area (Å²) in [6.45, 7) is 0. The van der Waals surface area contributed by atoms with Gasteiger partial charge in [0.25, 0.3) is 5.91 Å². The fraction of sp³-hybridized carbons (Fsp3) is 0.0909. The van der Waals surface area contributed by atoms with Gasteiger partial charge in [0.05, 0.1) is 11.3 Å². The number of amides is 1. The molecule has 0 fully saturated rings. The molecule has 1 aromatic carbocycles. The summed E-state index contributed by atoms with van der Waals surface area (Å²) in [7, 11) is 1.70. The summed E-state index contributed by atoms with van der Waals surface area (Å²) in [6.07, 6.45) is 0. The van der Waals surface area contributed by atoms with Crippen molar-refractivity contribution in [2.45, 2.75) is 0 Å². The van der Waals surface area contributed by atoms with Crippen LogP contribution in [0.2, 0.25) is 0 Å². The molecule has 1 heterocycles. The van der Waals surface area contributed by atoms with Crippen LogP contribution in [0.3, 0.4) is 0 Å². The van der Waals surface area contributed by atoms with Crippen molar-refractivity contribution >= 4 is 44.0 Å². The van der Waals surface area contributed by atoms with Crippen molar-refractivity contribution in [3.05, 3.63) is 33.2 Å². The number of benzene rings is 1. The van der Waals surface area contributed by atoms with E-state index in [9.17, 15) is 4.79 Å². The fourth-order valence-electron chi connectivity index (χ4n) is 1.31. The Bertz CT molecular complexity index is 663. The summed E-state index contributed by atoms with van der Waals surface area (Å²) in [5.41, 5.74) is 0.818. The Kier molecular flexibility index (Phi) is 4.09. The number of nitrogens with zero attached hydrogens (tertiary/aromatic N) is 3. The molecule has 1 amide bonds. The summed E-state index contributed by atoms with van der Waals surface area (Å²) < 4.78 is 0.773. The number of anilines is 2. The van der Waals surface area contributed by atoms with Crippen LogP contribution in [-0.4, -0.2) is 23.2 Å². The molecule has 2 rings (SSSR count). The Balaban J connectivity index is 2.23. The zero-order chi connectivity index (χ0) is 13.8. The predicted molar refractivity (Wildman–Crippen MR) is 76.3 cm³/mol. The van der Waals surface area contributed by atoms with E-state index in [1.54, 1.807) is 25.2 Å². The van der Waals surface area contributed by atoms with Crippen LogP contribution in [0, 0.1) is 11.3 Å². The molecule has 0 radical (unpaired) electrons. The van der Waals surface area contributed by atoms with Gasteiger partial charge in [0.1, 0.15) is 6.07 Å². The quantitative estimate of drug-likeness (QED) is 0.897. The highest BCUT2D eigenvalue weighted by Gasteiger charge is 2.14. The minimum absolute atomic E-state index is 0.230. The first-order chi connectivity index (χ1) is 9.13. The van der Waals surface area contributed by atoms with Crippen LogP contribution in [0.1, 0.15) is 15.4 Å². The van der Waals surface area contributed by atoms with Crippen LogP contribution in [0.15, 0.2) is 22.7 Å². The second-order valence-corrected chi connectivity index (χ2v) is 5.31. The molecule has 0 aliphatic carbocycles. The molecule has 96 valence electrons. The number of carbonyl (C=O) groups is 1. The number of rotatable bonds is 3. The second kappa shape index (κ2) is 5.77. The Morgan fingerprint density at radius 3 is 2.89 bits per heavy atom. The lowest BCUT2D eigenvalue weighted by molar-refractivity contribution is 0.102. The Labute approximate surface area is 121 Å². The van der Waals surface area contributed by atoms with E-state index in [1.807, 2.05) is 6.07 Å². The van der Waals surface area contributed by atoms with Crippen molar-refractivity contribution in [1.29, 1.82) is 5.26 Å². The van der Waals surface area contributed by atoms with Gasteiger partial charge in [-0.25, -0.2) is 0 Å². The number of aromatic nitrogens is 2. The van der Waals surface area contributed by atoms with E-state index in [0.29, 0.717) is 16.4 Å². The van der Waals surface area contributed by atoms with Crippen molar-refractivity contribution < 1.29 is 4.79 Å². The van der Waals surface area contributed by atoms with Gasteiger partial charge >= 0.3 is 0 Å². The van der Waals surface area contributed by atoms with Crippen LogP contribution in [-0.2, 0) is 0 Å². The standard InChI is InChI=1S/C11H8BrN5OS/c1-14-11-17-16-10(19-11)9(18)15-8-4-7(12)3-2-6(8)5-13/h2-4H,1H3,(H,14,17)(H,15,18). The number of carbonyl (C=O) groups excluding carboxylic acids is 1. The molecule has 2 N–H and O–H groups in total. The maximum absolute atomic E-state index is 12.0. The average Bonchev–Trinajstić information content (AvgIpc) is 2.88. The van der Waals surface area contributed by atoms with Crippen molar-refractivity contribution in [2.75, 3.05) is 17.7 Å². The topological polar surface area (TPSA) is 90.7 Å². The highest BCUT2D eigenvalue weighted by Crippen LogP contribution is 2.22. The van der Waals surface area contributed by atoms with Crippen LogP contribution in [0.5, 0.6) is 0 Å². The second-order valence-electron chi connectivity index (χ2n) is 3.42. The van der Waals surface area contributed by atoms with Crippen LogP contribution in [0.25, 0.3) is 0 Å². The van der Waals surface area contributed by atoms with E-state index in [4.69, 9.17) is 5.26 Å². The highest BCUT2D eigenvalue weighted by molar-refractivity contribution is 9.10. The highest BCUT2D eigenvalue weighted by atomic mass is 79.9. The largest absolute Gasteiger partial charge is 0.363 e. The van der Waals surface area contributed by atoms with Gasteiger partial charge in [0, 0.05) is 11.5 Å². The molecule has 8 heteroatoms. The first-order valence-electron chi connectivity index (χ1n) is 5.16. The molecule has 19 heavy (non-hydrogen) atoms. The molecule has 0 unspecified atom stereocenters. The van der Waals surface area contributed by atoms with E-state index < -0.39 is 5.91 Å². The Morgan fingerprint density at radius 1 is 1.47 bits per heavy atom. The van der Waals surface area contributed by atoms with Gasteiger partial charge in [-0.3, -0.25) is 4.79 Å². The van der Waals surface area contributed by atoms with E-state index in [1.165, 1.54) is 0 Å². The van der Waals surface area contributed by atoms with Crippen LogP contribution >= 0.6 is 27.3 Å². The number of halogens is 1. The molecular weight excluding hydrogens is 330 g/mol. The van der Waals surface area contributed by atoms with Gasteiger partial charge in [-0.2, -0.15) is 5.26 Å². The Morgan fingerprint density at radius 2 is 2.26 bits per heavy atom. The minimum Gasteiger partial charge on any atom is -0.363 e. The summed E-state index contributed by atoms with van der Waals surface area (Å²) in [6, 6.07) is 7.04. The summed E-state index contributed by atoms with van der Waals surface area (Å²) in [5, 5.41) is 22.8. The smallest absolute Gasteiger partial charge is 0.286 e. The van der Waals surface area contributed by atoms with Gasteiger partial charge in [0.15, 0.2) is 0 Å². The van der Waals surface area contributed by atoms with Gasteiger partial charge < -0.3 is 10.6 Å². The maximum atomic E-state index is 12.0. The minimum atomic E-state index is -0.395. The molecule has 0 aliphatic heterocycles. The molecule has 0 aliphatic rings. The summed E-state index contributed by atoms with van der Waals surface area (Å²) >= 11 is 4.43. The monoisotopic (exact) mass is 337 g/mol. The zero-order valence-electron chi connectivity index (χ0n) is 9.77. The lowest BCUT2D eigenvalue weighted by Gasteiger charge is -2.05. The molecule has 0 bridgehead atoms. The SMILES string of the molecule is CNc1nnc(C(=O)Nc2cc(Br)ccc2C#N)s1. The number of nitriles is 1. The van der Waals surface area contributed by atoms with E-state index in [-0.39, 0.29) is 5.01 Å². The van der Waals surface area contributed by atoms with Gasteiger partial charge in [-0.15, -0.1) is 10.2 Å². The molecule has 2 aromatic rings. The summed E-state index contributed by atoms with van der Waals surface area (Å²) in [5.74, 6) is -0.395. The van der Waals surface area contributed by atoms with E-state index in [2.05, 4.69) is 36.8 Å². The predicted octanol–water partition coefficient (Wildman–Crippen LogP) is 2.47. The zero-order valence-corrected chi connectivity index (χ0v) is 12.2. The van der Waals surface area contributed by atoms with Crippen LogP contribution < -0.4 is 10.6 Å². The first kappa shape index (κ1) is 13.5. The molecule has 0 saturated carbocycles. The number of hydrogen-bond donors (Lipinski definition) is 2. The third-order valence-corrected chi connectivity index (χ3v) is 3.62. The third-order valence-electron chi connectivity index (χ3n) is 2.18. The molecule has 0 atom stereocenters. The van der Waals surface area contributed by atoms with E-state index >= 15 is 0 Å². The molecular formula is C11H8BrN5OS. The lowest BCUT2D eigenvalue weighted by Crippen LogP contribution is -2.12. The average molecular weight is 338 g/mol. The molecule has 0 saturated heterocycles. The lowest BCUT2D eigenvalue weighted by atomic mass is 10.2. The van der Waals surface area contributed by atoms with Crippen molar-refractivity contribution in [3.8, 4) is 6.07 Å². The Hall–Kier alpha value is -1.98. The van der Waals surface area contributed by atoms with Gasteiger partial charge in [-0.05, 0) is 18.2 Å². The van der Waals surface area contributed by atoms with Gasteiger partial charge in [-0.1, -0.05) is 27.3 Å². The van der Waals surface area contributed by atoms with Crippen LogP contribution in [0.4, 0.5) is 10.8 Å². The first-order valence-corrected chi connectivity index (χ1v) is 6.77. The number of nitrogens with one attached hydrogen (secondary N) is 2. The molecule has 6 nitrogen and oxygen atoms in total. The van der Waals surface area contributed by atoms with Crippen molar-refractivity contribution in [1.82, 2.24) is 10.2 Å². The molecule has 0 spiro atoms. The maximum Gasteiger partial charge on any atom is 0.286 e. The van der Waals surface area contributed by atoms with Crippen molar-refractivity contribution in [2.24, 2.45) is 0 Å². The molecule has 1 aromatic heterocycles. The fourth-order valence-corrected chi connectivity index (χ4v) is 2.26. The summed E-state index contributed by atoms with van der Waals surface area (Å²) in [4.78, 5) is 12.0.